The SMILES string of the molecule is C=c1[nH]c2c3c(c4c(c2/c1=C/C=C\C)-c1ccc(C)cc1C4(C)C)C(C)(C)c1ccccc1-3.Cc1ccc2c(c1)C(C)(C)c1c-2c(C)c(-c2ccccc2C)c2c1C(C)(C)c1ccccc1-2.Cc1ccc2c(c1)C(C)(C)c1cc(-c3ccc(C(C)(C)C)cc3)c3oc4ccccc4c3c1-2. The second-order valence-electron chi connectivity index (χ2n) is 33.1. The van der Waals surface area contributed by atoms with Crippen LogP contribution in [0.5, 0.6) is 0 Å². The molecule has 0 saturated heterocycles. The molecular formula is C97H93NO. The molecule has 11 aromatic carbocycles. The number of rotatable bonds is 3. The minimum absolute atomic E-state index is 0.0326. The van der Waals surface area contributed by atoms with Gasteiger partial charge in [0.25, 0.3) is 0 Å². The van der Waals surface area contributed by atoms with Crippen molar-refractivity contribution < 1.29 is 4.42 Å². The van der Waals surface area contributed by atoms with E-state index in [0.29, 0.717) is 0 Å². The Morgan fingerprint density at radius 2 is 0.869 bits per heavy atom. The monoisotopic (exact) mass is 1290 g/mol. The zero-order valence-corrected chi connectivity index (χ0v) is 61.7. The van der Waals surface area contributed by atoms with Gasteiger partial charge in [0.1, 0.15) is 11.2 Å². The van der Waals surface area contributed by atoms with E-state index in [2.05, 4.69) is 343 Å². The van der Waals surface area contributed by atoms with E-state index in [0.717, 1.165) is 16.5 Å². The maximum absolute atomic E-state index is 6.57. The van der Waals surface area contributed by atoms with Crippen LogP contribution >= 0.6 is 0 Å². The first-order valence-corrected chi connectivity index (χ1v) is 36.0. The second kappa shape index (κ2) is 21.9. The summed E-state index contributed by atoms with van der Waals surface area (Å²) in [6, 6.07) is 67.8. The van der Waals surface area contributed by atoms with Crippen molar-refractivity contribution in [1.82, 2.24) is 4.98 Å². The highest BCUT2D eigenvalue weighted by molar-refractivity contribution is 6.19. The van der Waals surface area contributed by atoms with E-state index in [1.54, 1.807) is 0 Å². The van der Waals surface area contributed by atoms with Crippen LogP contribution in [0.1, 0.15) is 186 Å². The number of allylic oxidation sites excluding steroid dienone is 2. The molecule has 2 aromatic heterocycles. The third kappa shape index (κ3) is 9.05. The molecule has 99 heavy (non-hydrogen) atoms. The molecule has 0 spiro atoms. The average Bonchev–Trinajstić information content (AvgIpc) is 1.52. The van der Waals surface area contributed by atoms with Gasteiger partial charge in [-0.25, -0.2) is 0 Å². The molecule has 2 heterocycles. The van der Waals surface area contributed by atoms with Gasteiger partial charge in [-0.1, -0.05) is 301 Å². The van der Waals surface area contributed by atoms with E-state index in [-0.39, 0.29) is 32.5 Å². The molecule has 492 valence electrons. The summed E-state index contributed by atoms with van der Waals surface area (Å²) in [5.74, 6) is 0. The Balaban J connectivity index is 0.000000116. The summed E-state index contributed by atoms with van der Waals surface area (Å²) in [6.07, 6.45) is 6.44. The fourth-order valence-corrected chi connectivity index (χ4v) is 19.0. The quantitative estimate of drug-likeness (QED) is 0.188. The average molecular weight is 1290 g/mol. The van der Waals surface area contributed by atoms with E-state index in [1.807, 2.05) is 0 Å². The van der Waals surface area contributed by atoms with Crippen LogP contribution in [0.2, 0.25) is 0 Å². The summed E-state index contributed by atoms with van der Waals surface area (Å²) in [6.45, 7) is 48.6. The third-order valence-electron chi connectivity index (χ3n) is 24.0. The molecule has 5 aliphatic rings. The minimum atomic E-state index is -0.0786. The van der Waals surface area contributed by atoms with E-state index >= 15 is 0 Å². The highest BCUT2D eigenvalue weighted by atomic mass is 16.3. The second-order valence-corrected chi connectivity index (χ2v) is 33.1. The summed E-state index contributed by atoms with van der Waals surface area (Å²) < 4.78 is 6.57. The van der Waals surface area contributed by atoms with E-state index in [1.165, 1.54) is 194 Å². The predicted octanol–water partition coefficient (Wildman–Crippen LogP) is 24.9. The molecule has 2 nitrogen and oxygen atoms in total. The van der Waals surface area contributed by atoms with Crippen LogP contribution in [0.25, 0.3) is 123 Å². The zero-order chi connectivity index (χ0) is 69.7. The Hall–Kier alpha value is -9.76. The van der Waals surface area contributed by atoms with Gasteiger partial charge in [0, 0.05) is 64.9 Å². The van der Waals surface area contributed by atoms with Gasteiger partial charge in [-0.2, -0.15) is 0 Å². The van der Waals surface area contributed by atoms with Crippen LogP contribution in [0.4, 0.5) is 0 Å². The first kappa shape index (κ1) is 63.9. The molecule has 0 aliphatic heterocycles. The van der Waals surface area contributed by atoms with Gasteiger partial charge in [-0.05, 0) is 198 Å². The Labute approximate surface area is 586 Å². The van der Waals surface area contributed by atoms with Gasteiger partial charge in [0.15, 0.2) is 0 Å². The van der Waals surface area contributed by atoms with Crippen LogP contribution in [0.15, 0.2) is 199 Å². The molecular weight excluding hydrogens is 1200 g/mol. The minimum Gasteiger partial charge on any atom is -0.455 e. The summed E-state index contributed by atoms with van der Waals surface area (Å²) in [4.78, 5) is 3.74. The smallest absolute Gasteiger partial charge is 0.143 e. The Kier molecular flexibility index (Phi) is 14.1. The number of H-pyrrole nitrogens is 1. The van der Waals surface area contributed by atoms with Crippen molar-refractivity contribution in [3.05, 3.63) is 294 Å². The molecule has 0 unspecified atom stereocenters. The molecule has 0 amide bonds. The van der Waals surface area contributed by atoms with Crippen molar-refractivity contribution in [2.24, 2.45) is 0 Å². The Morgan fingerprint density at radius 1 is 0.404 bits per heavy atom. The normalized spacial score (nSPS) is 16.1. The van der Waals surface area contributed by atoms with Gasteiger partial charge < -0.3 is 9.40 Å². The number of nitrogens with one attached hydrogen (secondary N) is 1. The van der Waals surface area contributed by atoms with Crippen LogP contribution < -0.4 is 10.6 Å². The fraction of sp³-hybridized carbons (Fsp3) is 0.258. The lowest BCUT2D eigenvalue weighted by molar-refractivity contribution is 0.590. The van der Waals surface area contributed by atoms with Gasteiger partial charge in [0.2, 0.25) is 0 Å². The van der Waals surface area contributed by atoms with E-state index in [4.69, 9.17) is 4.42 Å². The van der Waals surface area contributed by atoms with Crippen LogP contribution in [-0.4, -0.2) is 4.98 Å². The molecule has 0 saturated carbocycles. The molecule has 0 radical (unpaired) electrons. The molecule has 1 N–H and O–H groups in total. The van der Waals surface area contributed by atoms with Gasteiger partial charge in [-0.3, -0.25) is 0 Å². The van der Waals surface area contributed by atoms with Crippen molar-refractivity contribution >= 4 is 45.5 Å². The predicted molar refractivity (Wildman–Crippen MR) is 424 cm³/mol. The molecule has 13 aromatic rings. The van der Waals surface area contributed by atoms with Gasteiger partial charge in [0.05, 0.1) is 5.52 Å². The van der Waals surface area contributed by atoms with Crippen LogP contribution in [0.3, 0.4) is 0 Å². The number of aromatic amines is 1. The molecule has 0 bridgehead atoms. The summed E-state index contributed by atoms with van der Waals surface area (Å²) in [5, 5.41) is 5.94. The first-order valence-electron chi connectivity index (χ1n) is 36.0. The lowest BCUT2D eigenvalue weighted by Crippen LogP contribution is -2.25. The largest absolute Gasteiger partial charge is 0.455 e. The Bertz CT molecular complexity index is 5810. The molecule has 5 aliphatic carbocycles. The summed E-state index contributed by atoms with van der Waals surface area (Å²) in [7, 11) is 0. The highest BCUT2D eigenvalue weighted by Gasteiger charge is 2.50. The Morgan fingerprint density at radius 3 is 1.44 bits per heavy atom. The zero-order valence-electron chi connectivity index (χ0n) is 61.7. The maximum Gasteiger partial charge on any atom is 0.143 e. The van der Waals surface area contributed by atoms with Crippen molar-refractivity contribution in [2.45, 2.75) is 164 Å². The number of hydrogen-bond acceptors (Lipinski definition) is 1. The number of aromatic nitrogens is 1. The summed E-state index contributed by atoms with van der Waals surface area (Å²) in [5.41, 5.74) is 44.7. The van der Waals surface area contributed by atoms with Crippen molar-refractivity contribution in [1.29, 1.82) is 0 Å². The highest BCUT2D eigenvalue weighted by Crippen LogP contribution is 2.65. The summed E-state index contributed by atoms with van der Waals surface area (Å²) >= 11 is 0. The number of benzene rings is 11. The molecule has 0 atom stereocenters. The van der Waals surface area contributed by atoms with Gasteiger partial charge >= 0.3 is 0 Å². The number of furan rings is 1. The number of hydrogen-bond donors (Lipinski definition) is 1. The topological polar surface area (TPSA) is 28.9 Å². The lowest BCUT2D eigenvalue weighted by atomic mass is 9.70. The third-order valence-corrected chi connectivity index (χ3v) is 24.0. The standard InChI is InChI=1S/C33H32.C32H31N.C32H30O/c1-19-16-17-24-26(18-19)33(6,7)30-28(24)21(3)27(22-13-9-8-12-20(22)2)29-23-14-10-11-15-25(23)32(4,5)31(29)30;1-8-9-12-20-19(3)33-30-26(20)25-22-16-15-18(2)17-24(22)32(6,7)28(25)29-27(30)21-13-10-11-14-23(21)31(29,4)5;1-19-11-16-22-25(17-19)32(5,6)26-18-24(20-12-14-21(15-13-20)31(2,3)4)30-29(28(22)26)23-9-7-8-10-27(23)33-30/h8-18H,1-7H3;8-17,33H,3H2,1-2,4-7H3;7-18H,1-6H3/b;9-8-,20-12+;. The van der Waals surface area contributed by atoms with Gasteiger partial charge in [-0.15, -0.1) is 0 Å². The molecule has 0 fully saturated rings. The molecule has 18 rings (SSSR count). The fourth-order valence-electron chi connectivity index (χ4n) is 19.0. The maximum atomic E-state index is 6.57. The number of fused-ring (bicyclic) bond motifs is 24. The lowest BCUT2D eigenvalue weighted by Gasteiger charge is -2.32. The van der Waals surface area contributed by atoms with Crippen LogP contribution in [-0.2, 0) is 32.5 Å². The van der Waals surface area contributed by atoms with Crippen LogP contribution in [0, 0.1) is 34.6 Å². The van der Waals surface area contributed by atoms with Crippen molar-refractivity contribution in [3.8, 4) is 77.9 Å². The first-order chi connectivity index (χ1) is 47.0. The molecule has 2 heteroatoms. The number of aryl methyl sites for hydroxylation is 4. The van der Waals surface area contributed by atoms with Crippen molar-refractivity contribution in [3.63, 3.8) is 0 Å². The van der Waals surface area contributed by atoms with Crippen molar-refractivity contribution in [2.75, 3.05) is 0 Å². The van der Waals surface area contributed by atoms with E-state index in [9.17, 15) is 0 Å². The number of para-hydroxylation sites is 1. The van der Waals surface area contributed by atoms with E-state index < -0.39 is 0 Å².